The Balaban J connectivity index is 1.41. The van der Waals surface area contributed by atoms with Gasteiger partial charge in [0.1, 0.15) is 5.82 Å². The molecule has 0 aliphatic heterocycles. The fourth-order valence-corrected chi connectivity index (χ4v) is 3.96. The Bertz CT molecular complexity index is 1320. The molecule has 10 heteroatoms. The highest BCUT2D eigenvalue weighted by molar-refractivity contribution is 6.35. The van der Waals surface area contributed by atoms with Crippen molar-refractivity contribution in [1.29, 1.82) is 0 Å². The SMILES string of the molecule is O=C(Nc1cnc(-n2nccn2)c(Cl)c1)c1cc(F)c(-c2ccncc2C2CC2)cc1Cl. The molecule has 160 valence electrons. The van der Waals surface area contributed by atoms with Crippen molar-refractivity contribution >= 4 is 34.8 Å². The Labute approximate surface area is 192 Å². The quantitative estimate of drug-likeness (QED) is 0.429. The zero-order valence-electron chi connectivity index (χ0n) is 16.5. The Kier molecular flexibility index (Phi) is 5.32. The van der Waals surface area contributed by atoms with E-state index in [1.165, 1.54) is 35.5 Å². The van der Waals surface area contributed by atoms with E-state index < -0.39 is 11.7 Å². The second-order valence-electron chi connectivity index (χ2n) is 7.35. The molecule has 3 aromatic heterocycles. The van der Waals surface area contributed by atoms with E-state index in [4.69, 9.17) is 23.2 Å². The smallest absolute Gasteiger partial charge is 0.257 e. The molecule has 1 N–H and O–H groups in total. The van der Waals surface area contributed by atoms with Gasteiger partial charge < -0.3 is 5.32 Å². The van der Waals surface area contributed by atoms with E-state index >= 15 is 4.39 Å². The molecule has 1 aromatic carbocycles. The molecule has 7 nitrogen and oxygen atoms in total. The molecule has 0 radical (unpaired) electrons. The Morgan fingerprint density at radius 2 is 1.81 bits per heavy atom. The predicted octanol–water partition coefficient (Wildman–Crippen LogP) is 5.30. The van der Waals surface area contributed by atoms with Crippen molar-refractivity contribution in [2.45, 2.75) is 18.8 Å². The summed E-state index contributed by atoms with van der Waals surface area (Å²) >= 11 is 12.6. The molecule has 3 heterocycles. The molecule has 0 atom stereocenters. The first kappa shape index (κ1) is 20.5. The van der Waals surface area contributed by atoms with Gasteiger partial charge in [-0.05, 0) is 54.2 Å². The van der Waals surface area contributed by atoms with Gasteiger partial charge in [-0.15, -0.1) is 4.80 Å². The normalized spacial score (nSPS) is 13.2. The van der Waals surface area contributed by atoms with Gasteiger partial charge in [0.25, 0.3) is 5.91 Å². The van der Waals surface area contributed by atoms with Crippen LogP contribution in [-0.2, 0) is 0 Å². The van der Waals surface area contributed by atoms with Crippen molar-refractivity contribution in [3.05, 3.63) is 82.2 Å². The fraction of sp³-hybridized carbons (Fsp3) is 0.136. The topological polar surface area (TPSA) is 85.6 Å². The van der Waals surface area contributed by atoms with Crippen molar-refractivity contribution in [3.63, 3.8) is 0 Å². The van der Waals surface area contributed by atoms with E-state index in [0.717, 1.165) is 30.0 Å². The highest BCUT2D eigenvalue weighted by Gasteiger charge is 2.28. The first-order valence-electron chi connectivity index (χ1n) is 9.78. The summed E-state index contributed by atoms with van der Waals surface area (Å²) in [7, 11) is 0. The maximum absolute atomic E-state index is 15.0. The Morgan fingerprint density at radius 1 is 1.03 bits per heavy atom. The second-order valence-corrected chi connectivity index (χ2v) is 8.17. The minimum atomic E-state index is -0.583. The van der Waals surface area contributed by atoms with Gasteiger partial charge in [0, 0.05) is 18.0 Å². The molecule has 0 saturated heterocycles. The van der Waals surface area contributed by atoms with Crippen LogP contribution >= 0.6 is 23.2 Å². The summed E-state index contributed by atoms with van der Waals surface area (Å²) in [5.41, 5.74) is 2.40. The van der Waals surface area contributed by atoms with Crippen molar-refractivity contribution in [2.75, 3.05) is 5.32 Å². The number of aromatic nitrogens is 5. The maximum Gasteiger partial charge on any atom is 0.257 e. The number of halogens is 3. The number of benzene rings is 1. The maximum atomic E-state index is 15.0. The van der Waals surface area contributed by atoms with E-state index in [0.29, 0.717) is 23.0 Å². The van der Waals surface area contributed by atoms with Crippen molar-refractivity contribution < 1.29 is 9.18 Å². The number of nitrogens with zero attached hydrogens (tertiary/aromatic N) is 5. The summed E-state index contributed by atoms with van der Waals surface area (Å²) in [6.07, 6.45) is 9.89. The van der Waals surface area contributed by atoms with Crippen LogP contribution in [-0.4, -0.2) is 30.9 Å². The highest BCUT2D eigenvalue weighted by atomic mass is 35.5. The summed E-state index contributed by atoms with van der Waals surface area (Å²) in [4.78, 5) is 22.4. The van der Waals surface area contributed by atoms with Gasteiger partial charge in [-0.2, -0.15) is 10.2 Å². The number of hydrogen-bond donors (Lipinski definition) is 1. The first-order chi connectivity index (χ1) is 15.5. The first-order valence-corrected chi connectivity index (χ1v) is 10.5. The van der Waals surface area contributed by atoms with Gasteiger partial charge >= 0.3 is 0 Å². The summed E-state index contributed by atoms with van der Waals surface area (Å²) in [6, 6.07) is 5.89. The third-order valence-electron chi connectivity index (χ3n) is 5.15. The molecular formula is C22H15Cl2FN6O. The van der Waals surface area contributed by atoms with Gasteiger partial charge in [-0.25, -0.2) is 9.37 Å². The standard InChI is InChI=1S/C22H15Cl2FN6O/c23-18-8-15(14-3-4-26-11-17(14)12-1-2-12)20(25)9-16(18)22(32)30-13-7-19(24)21(27-10-13)31-28-5-6-29-31/h3-12H,1-2H2,(H,30,32). The molecule has 1 aliphatic rings. The van der Waals surface area contributed by atoms with Gasteiger partial charge in [-0.3, -0.25) is 9.78 Å². The summed E-state index contributed by atoms with van der Waals surface area (Å²) < 4.78 is 15.0. The van der Waals surface area contributed by atoms with Crippen LogP contribution in [0.5, 0.6) is 0 Å². The summed E-state index contributed by atoms with van der Waals surface area (Å²) in [5.74, 6) is -0.423. The number of nitrogens with one attached hydrogen (secondary N) is 1. The number of hydrogen-bond acceptors (Lipinski definition) is 5. The molecule has 0 unspecified atom stereocenters. The number of amides is 1. The Hall–Kier alpha value is -3.36. The van der Waals surface area contributed by atoms with E-state index in [9.17, 15) is 4.79 Å². The average Bonchev–Trinajstić information content (AvgIpc) is 3.49. The number of pyridine rings is 2. The van der Waals surface area contributed by atoms with Gasteiger partial charge in [0.2, 0.25) is 0 Å². The molecule has 4 aromatic rings. The second kappa shape index (κ2) is 8.29. The molecule has 5 rings (SSSR count). The zero-order valence-corrected chi connectivity index (χ0v) is 18.0. The monoisotopic (exact) mass is 468 g/mol. The molecule has 32 heavy (non-hydrogen) atoms. The van der Waals surface area contributed by atoms with Crippen LogP contribution in [0, 0.1) is 5.82 Å². The van der Waals surface area contributed by atoms with Crippen molar-refractivity contribution in [3.8, 4) is 16.9 Å². The third kappa shape index (κ3) is 3.94. The van der Waals surface area contributed by atoms with Crippen LogP contribution in [0.2, 0.25) is 10.0 Å². The van der Waals surface area contributed by atoms with Crippen LogP contribution in [0.15, 0.2) is 55.2 Å². The lowest BCUT2D eigenvalue weighted by Gasteiger charge is -2.13. The third-order valence-corrected chi connectivity index (χ3v) is 5.74. The van der Waals surface area contributed by atoms with Gasteiger partial charge in [0.05, 0.1) is 39.9 Å². The van der Waals surface area contributed by atoms with E-state index in [2.05, 4.69) is 25.5 Å². The van der Waals surface area contributed by atoms with Crippen LogP contribution in [0.25, 0.3) is 16.9 Å². The molecule has 1 fully saturated rings. The average molecular weight is 469 g/mol. The van der Waals surface area contributed by atoms with Gasteiger partial charge in [-0.1, -0.05) is 23.2 Å². The number of anilines is 1. The highest BCUT2D eigenvalue weighted by Crippen LogP contribution is 2.44. The minimum Gasteiger partial charge on any atom is -0.320 e. The molecule has 1 amide bonds. The zero-order chi connectivity index (χ0) is 22.2. The van der Waals surface area contributed by atoms with E-state index in [1.807, 2.05) is 0 Å². The molecule has 1 aliphatic carbocycles. The predicted molar refractivity (Wildman–Crippen MR) is 119 cm³/mol. The lowest BCUT2D eigenvalue weighted by Crippen LogP contribution is -2.14. The van der Waals surface area contributed by atoms with Crippen LogP contribution in [0.3, 0.4) is 0 Å². The fourth-order valence-electron chi connectivity index (χ4n) is 3.47. The van der Waals surface area contributed by atoms with Crippen LogP contribution in [0.1, 0.15) is 34.7 Å². The lowest BCUT2D eigenvalue weighted by molar-refractivity contribution is 0.102. The van der Waals surface area contributed by atoms with Crippen molar-refractivity contribution in [2.24, 2.45) is 0 Å². The molecule has 0 spiro atoms. The van der Waals surface area contributed by atoms with E-state index in [1.54, 1.807) is 18.5 Å². The molecular weight excluding hydrogens is 454 g/mol. The molecule has 0 bridgehead atoms. The number of carbonyl (C=O) groups is 1. The summed E-state index contributed by atoms with van der Waals surface area (Å²) in [5, 5.41) is 10.9. The molecule has 1 saturated carbocycles. The van der Waals surface area contributed by atoms with E-state index in [-0.39, 0.29) is 15.6 Å². The number of rotatable bonds is 5. The minimum absolute atomic E-state index is 0.00360. The largest absolute Gasteiger partial charge is 0.320 e. The van der Waals surface area contributed by atoms with Crippen LogP contribution in [0.4, 0.5) is 10.1 Å². The van der Waals surface area contributed by atoms with Gasteiger partial charge in [0.15, 0.2) is 5.82 Å². The Morgan fingerprint density at radius 3 is 2.53 bits per heavy atom. The number of carbonyl (C=O) groups excluding carboxylic acids is 1. The van der Waals surface area contributed by atoms with Crippen molar-refractivity contribution in [1.82, 2.24) is 25.0 Å². The summed E-state index contributed by atoms with van der Waals surface area (Å²) in [6.45, 7) is 0. The lowest BCUT2D eigenvalue weighted by atomic mass is 9.97. The van der Waals surface area contributed by atoms with Crippen LogP contribution < -0.4 is 5.32 Å².